The zero-order chi connectivity index (χ0) is 28.6. The first kappa shape index (κ1) is 27.3. The molecule has 2 aromatic heterocycles. The number of likely N-dealkylation sites (N-methyl/N-ethyl adjacent to an activating group) is 1. The largest absolute Gasteiger partial charge is 0.469 e. The number of fused-ring (bicyclic) bond motifs is 1. The second-order valence-electron chi connectivity index (χ2n) is 10.5. The predicted molar refractivity (Wildman–Crippen MR) is 147 cm³/mol. The summed E-state index contributed by atoms with van der Waals surface area (Å²) in [6.07, 6.45) is 1.67. The average Bonchev–Trinajstić information content (AvgIpc) is 3.27. The Balaban J connectivity index is 1.55. The van der Waals surface area contributed by atoms with Gasteiger partial charge in [0.25, 0.3) is 5.91 Å². The molecule has 1 aromatic carbocycles. The predicted octanol–water partition coefficient (Wildman–Crippen LogP) is 3.52. The molecule has 0 unspecified atom stereocenters. The first-order valence-electron chi connectivity index (χ1n) is 13.2. The van der Waals surface area contributed by atoms with Crippen molar-refractivity contribution in [1.29, 1.82) is 0 Å². The van der Waals surface area contributed by atoms with Gasteiger partial charge in [0.15, 0.2) is 5.82 Å². The van der Waals surface area contributed by atoms with Crippen LogP contribution in [0.3, 0.4) is 0 Å². The minimum Gasteiger partial charge on any atom is -0.469 e. The topological polar surface area (TPSA) is 127 Å². The number of morpholine rings is 1. The number of nitrogens with zero attached hydrogens (tertiary/aromatic N) is 6. The maximum atomic E-state index is 15.4. The van der Waals surface area contributed by atoms with Gasteiger partial charge >= 0.3 is 6.03 Å². The zero-order valence-electron chi connectivity index (χ0n) is 23.2. The van der Waals surface area contributed by atoms with Gasteiger partial charge in [0, 0.05) is 38.0 Å². The summed E-state index contributed by atoms with van der Waals surface area (Å²) in [5.41, 5.74) is 0.0180. The quantitative estimate of drug-likeness (QED) is 0.492. The molecule has 0 spiro atoms. The van der Waals surface area contributed by atoms with E-state index in [1.165, 1.54) is 16.8 Å². The van der Waals surface area contributed by atoms with Crippen molar-refractivity contribution in [2.75, 3.05) is 48.4 Å². The van der Waals surface area contributed by atoms with E-state index in [4.69, 9.17) is 19.4 Å². The van der Waals surface area contributed by atoms with E-state index in [1.807, 2.05) is 32.6 Å². The minimum absolute atomic E-state index is 0.0118. The number of halogens is 1. The summed E-state index contributed by atoms with van der Waals surface area (Å²) in [6, 6.07) is 5.24. The molecule has 2 aliphatic heterocycles. The van der Waals surface area contributed by atoms with Crippen molar-refractivity contribution in [3.8, 4) is 17.1 Å². The molecule has 0 saturated carbocycles. The van der Waals surface area contributed by atoms with Gasteiger partial charge in [-0.05, 0) is 39.8 Å². The molecular formula is C27H33FN8O4. The van der Waals surface area contributed by atoms with Crippen LogP contribution >= 0.6 is 0 Å². The Morgan fingerprint density at radius 1 is 1.23 bits per heavy atom. The van der Waals surface area contributed by atoms with Crippen molar-refractivity contribution in [3.63, 3.8) is 0 Å². The monoisotopic (exact) mass is 552 g/mol. The molecule has 5 rings (SSSR count). The number of aryl methyl sites for hydroxylation is 1. The molecule has 12 nitrogen and oxygen atoms in total. The van der Waals surface area contributed by atoms with Crippen LogP contribution in [0.5, 0.6) is 5.88 Å². The number of ether oxygens (including phenoxy) is 2. The first-order valence-corrected chi connectivity index (χ1v) is 13.2. The maximum Gasteiger partial charge on any atom is 0.324 e. The van der Waals surface area contributed by atoms with Crippen LogP contribution in [0.4, 0.5) is 26.6 Å². The van der Waals surface area contributed by atoms with Crippen LogP contribution in [0, 0.1) is 5.82 Å². The number of anilines is 3. The molecule has 4 heterocycles. The number of aromatic nitrogens is 4. The fourth-order valence-corrected chi connectivity index (χ4v) is 4.81. The van der Waals surface area contributed by atoms with E-state index in [1.54, 1.807) is 30.3 Å². The Labute approximate surface area is 231 Å². The van der Waals surface area contributed by atoms with Crippen molar-refractivity contribution >= 4 is 29.4 Å². The highest BCUT2D eigenvalue weighted by molar-refractivity contribution is 6.03. The van der Waals surface area contributed by atoms with E-state index in [0.29, 0.717) is 50.2 Å². The van der Waals surface area contributed by atoms with E-state index in [2.05, 4.69) is 15.7 Å². The summed E-state index contributed by atoms with van der Waals surface area (Å²) >= 11 is 0. The van der Waals surface area contributed by atoms with Crippen molar-refractivity contribution in [1.82, 2.24) is 24.6 Å². The van der Waals surface area contributed by atoms with Gasteiger partial charge in [0.2, 0.25) is 11.8 Å². The van der Waals surface area contributed by atoms with Crippen LogP contribution in [-0.4, -0.2) is 81.1 Å². The summed E-state index contributed by atoms with van der Waals surface area (Å²) in [5, 5.41) is 9.12. The molecule has 0 radical (unpaired) electrons. The van der Waals surface area contributed by atoms with Crippen LogP contribution in [-0.2, 0) is 11.8 Å². The fourth-order valence-electron chi connectivity index (χ4n) is 4.81. The Kier molecular flexibility index (Phi) is 7.32. The highest BCUT2D eigenvalue weighted by atomic mass is 19.1. The third-order valence-electron chi connectivity index (χ3n) is 6.76. The Morgan fingerprint density at radius 3 is 2.70 bits per heavy atom. The average molecular weight is 553 g/mol. The highest BCUT2D eigenvalue weighted by Crippen LogP contribution is 2.37. The number of hydrogen-bond donors (Lipinski definition) is 2. The number of hydrogen-bond acceptors (Lipinski definition) is 8. The van der Waals surface area contributed by atoms with Crippen molar-refractivity contribution in [2.24, 2.45) is 7.05 Å². The number of benzene rings is 1. The molecule has 0 aliphatic carbocycles. The molecule has 3 amide bonds. The van der Waals surface area contributed by atoms with Gasteiger partial charge in [0.05, 0.1) is 37.2 Å². The third kappa shape index (κ3) is 5.55. The summed E-state index contributed by atoms with van der Waals surface area (Å²) in [7, 11) is 1.72. The van der Waals surface area contributed by atoms with E-state index >= 15 is 4.39 Å². The molecule has 0 bridgehead atoms. The fraction of sp³-hybridized carbons (Fsp3) is 0.444. The van der Waals surface area contributed by atoms with Crippen molar-refractivity contribution in [2.45, 2.75) is 39.3 Å². The Bertz CT molecular complexity index is 1440. The molecule has 13 heteroatoms. The van der Waals surface area contributed by atoms with Gasteiger partial charge in [0.1, 0.15) is 17.0 Å². The SMILES string of the molecule is CCN1CC(C)(C)Oc2nc(N3CCOC[C@@H]3C)nc(-c3ccc(NC(=O)Nc4ccn(C)n4)c(F)c3)c2C1=O. The van der Waals surface area contributed by atoms with Crippen LogP contribution in [0.15, 0.2) is 30.5 Å². The number of urea groups is 1. The first-order chi connectivity index (χ1) is 19.0. The molecule has 1 fully saturated rings. The standard InChI is InChI=1S/C27H33FN8O4/c1-6-35-15-27(3,4)40-23-21(24(35)37)22(31-25(32-23)36-11-12-39-14-16(36)2)17-7-8-19(18(28)13-17)29-26(38)30-20-9-10-34(5)33-20/h7-10,13,16H,6,11-12,14-15H2,1-5H3,(H2,29,30,33,38)/t16-/m0/s1. The molecular weight excluding hydrogens is 519 g/mol. The van der Waals surface area contributed by atoms with Crippen LogP contribution in [0.2, 0.25) is 0 Å². The molecule has 1 saturated heterocycles. The van der Waals surface area contributed by atoms with Gasteiger partial charge in [-0.2, -0.15) is 10.1 Å². The summed E-state index contributed by atoms with van der Waals surface area (Å²) in [6.45, 7) is 10.0. The van der Waals surface area contributed by atoms with Crippen molar-refractivity contribution < 1.29 is 23.5 Å². The van der Waals surface area contributed by atoms with Gasteiger partial charge in [-0.3, -0.25) is 14.8 Å². The lowest BCUT2D eigenvalue weighted by Crippen LogP contribution is -2.44. The number of carbonyl (C=O) groups excluding carboxylic acids is 2. The number of nitrogens with one attached hydrogen (secondary N) is 2. The smallest absolute Gasteiger partial charge is 0.324 e. The third-order valence-corrected chi connectivity index (χ3v) is 6.76. The summed E-state index contributed by atoms with van der Waals surface area (Å²) < 4.78 is 28.8. The lowest BCUT2D eigenvalue weighted by atomic mass is 10.0. The van der Waals surface area contributed by atoms with Gasteiger partial charge < -0.3 is 24.6 Å². The molecule has 212 valence electrons. The normalized spacial score (nSPS) is 18.6. The molecule has 40 heavy (non-hydrogen) atoms. The maximum absolute atomic E-state index is 15.4. The summed E-state index contributed by atoms with van der Waals surface area (Å²) in [5.74, 6) is -0.140. The van der Waals surface area contributed by atoms with Crippen molar-refractivity contribution in [3.05, 3.63) is 41.8 Å². The number of rotatable bonds is 5. The van der Waals surface area contributed by atoms with Crippen LogP contribution in [0.1, 0.15) is 38.1 Å². The summed E-state index contributed by atoms with van der Waals surface area (Å²) in [4.78, 5) is 39.3. The van der Waals surface area contributed by atoms with Crippen LogP contribution < -0.4 is 20.3 Å². The second-order valence-corrected chi connectivity index (χ2v) is 10.5. The van der Waals surface area contributed by atoms with E-state index in [-0.39, 0.29) is 34.8 Å². The Hall–Kier alpha value is -4.26. The van der Waals surface area contributed by atoms with Gasteiger partial charge in [-0.25, -0.2) is 14.2 Å². The lowest BCUT2D eigenvalue weighted by Gasteiger charge is -2.34. The second kappa shape index (κ2) is 10.7. The Morgan fingerprint density at radius 2 is 2.02 bits per heavy atom. The van der Waals surface area contributed by atoms with E-state index < -0.39 is 17.4 Å². The zero-order valence-corrected chi connectivity index (χ0v) is 23.2. The molecule has 2 N–H and O–H groups in total. The lowest BCUT2D eigenvalue weighted by molar-refractivity contribution is 0.0541. The van der Waals surface area contributed by atoms with Gasteiger partial charge in [-0.1, -0.05) is 6.07 Å². The van der Waals surface area contributed by atoms with Gasteiger partial charge in [-0.15, -0.1) is 0 Å². The number of carbonyl (C=O) groups is 2. The molecule has 1 atom stereocenters. The number of amides is 3. The molecule has 2 aliphatic rings. The molecule has 3 aromatic rings. The van der Waals surface area contributed by atoms with E-state index in [9.17, 15) is 9.59 Å². The minimum atomic E-state index is -0.712. The van der Waals surface area contributed by atoms with E-state index in [0.717, 1.165) is 0 Å². The highest BCUT2D eigenvalue weighted by Gasteiger charge is 2.38. The van der Waals surface area contributed by atoms with Crippen LogP contribution in [0.25, 0.3) is 11.3 Å².